The van der Waals surface area contributed by atoms with Crippen molar-refractivity contribution in [1.82, 2.24) is 0 Å². The number of hydrogen-bond acceptors (Lipinski definition) is 6. The van der Waals surface area contributed by atoms with E-state index in [2.05, 4.69) is 36.6 Å². The Labute approximate surface area is 312 Å². The Balaban J connectivity index is 3.93. The molecule has 0 aliphatic rings. The lowest BCUT2D eigenvalue weighted by atomic mass is 10.0. The van der Waals surface area contributed by atoms with Crippen molar-refractivity contribution >= 4 is 19.8 Å². The standard InChI is InChI=1S/C42H75O8P/c1-3-5-7-9-11-13-15-17-19-20-21-23-24-26-28-30-32-34-36-41(43)48-38-40(39-49-51(45,46)47)50-42(44)37-35-33-31-29-27-25-22-18-16-14-12-10-8-6-4-2/h6,8,10,12,14,16,18,22,40H,3-5,7,9,11,13,15,17,19-21,23-39H2,1-2H3,(H2,45,46,47)/b8-6+,12-10+,16-14+,22-18+/t40-/m1/s1. The summed E-state index contributed by atoms with van der Waals surface area (Å²) in [5.41, 5.74) is 0. The quantitative estimate of drug-likeness (QED) is 0.0280. The number of rotatable bonds is 37. The van der Waals surface area contributed by atoms with Gasteiger partial charge in [0.15, 0.2) is 6.10 Å². The van der Waals surface area contributed by atoms with Crippen LogP contribution in [0.5, 0.6) is 0 Å². The van der Waals surface area contributed by atoms with Gasteiger partial charge in [0, 0.05) is 12.8 Å². The first kappa shape index (κ1) is 49.0. The molecule has 0 radical (unpaired) electrons. The SMILES string of the molecule is CC/C=C/C=C/C=C/C=C/CCCCCCCC(=O)O[C@H](COC(=O)CCCCCCCCCCCCCCCCCCCC)COP(=O)(O)O. The Morgan fingerprint density at radius 2 is 0.941 bits per heavy atom. The third kappa shape index (κ3) is 40.6. The van der Waals surface area contributed by atoms with Gasteiger partial charge in [-0.3, -0.25) is 14.1 Å². The first-order valence-corrected chi connectivity index (χ1v) is 22.0. The fourth-order valence-electron chi connectivity index (χ4n) is 5.68. The van der Waals surface area contributed by atoms with Crippen LogP contribution in [-0.4, -0.2) is 41.0 Å². The second-order valence-corrected chi connectivity index (χ2v) is 14.9. The second-order valence-electron chi connectivity index (χ2n) is 13.7. The summed E-state index contributed by atoms with van der Waals surface area (Å²) in [7, 11) is -4.76. The molecule has 2 N–H and O–H groups in total. The Morgan fingerprint density at radius 3 is 1.41 bits per heavy atom. The predicted molar refractivity (Wildman–Crippen MR) is 211 cm³/mol. The fraction of sp³-hybridized carbons (Fsp3) is 0.762. The topological polar surface area (TPSA) is 119 Å². The van der Waals surface area contributed by atoms with Crippen LogP contribution in [0.2, 0.25) is 0 Å². The highest BCUT2D eigenvalue weighted by Crippen LogP contribution is 2.36. The smallest absolute Gasteiger partial charge is 0.462 e. The summed E-state index contributed by atoms with van der Waals surface area (Å²) in [6, 6.07) is 0. The molecule has 0 aromatic carbocycles. The Kier molecular flexibility index (Phi) is 36.3. The van der Waals surface area contributed by atoms with Gasteiger partial charge in [0.25, 0.3) is 0 Å². The van der Waals surface area contributed by atoms with Gasteiger partial charge >= 0.3 is 19.8 Å². The van der Waals surface area contributed by atoms with Crippen LogP contribution in [0.3, 0.4) is 0 Å². The molecule has 0 unspecified atom stereocenters. The third-order valence-corrected chi connectivity index (χ3v) is 9.19. The van der Waals surface area contributed by atoms with Gasteiger partial charge in [0.2, 0.25) is 0 Å². The molecule has 0 amide bonds. The van der Waals surface area contributed by atoms with Crippen LogP contribution in [0.1, 0.15) is 187 Å². The van der Waals surface area contributed by atoms with Gasteiger partial charge in [-0.15, -0.1) is 0 Å². The molecule has 0 heterocycles. The summed E-state index contributed by atoms with van der Waals surface area (Å²) in [4.78, 5) is 42.8. The van der Waals surface area contributed by atoms with Crippen molar-refractivity contribution in [2.45, 2.75) is 193 Å². The summed E-state index contributed by atoms with van der Waals surface area (Å²) in [6.45, 7) is 3.54. The van der Waals surface area contributed by atoms with Crippen LogP contribution in [0.4, 0.5) is 0 Å². The molecule has 0 rings (SSSR count). The monoisotopic (exact) mass is 739 g/mol. The molecule has 0 saturated heterocycles. The molecule has 0 fully saturated rings. The number of ether oxygens (including phenoxy) is 2. The van der Waals surface area contributed by atoms with Crippen LogP contribution in [0, 0.1) is 0 Å². The number of carbonyl (C=O) groups excluding carboxylic acids is 2. The largest absolute Gasteiger partial charge is 0.469 e. The Morgan fingerprint density at radius 1 is 0.529 bits per heavy atom. The Bertz CT molecular complexity index is 968. The van der Waals surface area contributed by atoms with Crippen LogP contribution in [0.15, 0.2) is 48.6 Å². The van der Waals surface area contributed by atoms with E-state index in [1.165, 1.54) is 96.3 Å². The predicted octanol–water partition coefficient (Wildman–Crippen LogP) is 12.3. The maximum atomic E-state index is 12.4. The van der Waals surface area contributed by atoms with Crippen LogP contribution < -0.4 is 0 Å². The summed E-state index contributed by atoms with van der Waals surface area (Å²) in [6.07, 6.45) is 45.5. The summed E-state index contributed by atoms with van der Waals surface area (Å²) in [5.74, 6) is -0.908. The molecule has 0 aliphatic carbocycles. The third-order valence-electron chi connectivity index (χ3n) is 8.71. The van der Waals surface area contributed by atoms with Crippen molar-refractivity contribution in [3.63, 3.8) is 0 Å². The molecule has 0 saturated carbocycles. The van der Waals surface area contributed by atoms with Gasteiger partial charge in [-0.25, -0.2) is 4.57 Å². The molecule has 8 nitrogen and oxygen atoms in total. The summed E-state index contributed by atoms with van der Waals surface area (Å²) < 4.78 is 26.3. The minimum atomic E-state index is -4.76. The lowest BCUT2D eigenvalue weighted by Gasteiger charge is -2.18. The number of unbranched alkanes of at least 4 members (excludes halogenated alkanes) is 22. The highest BCUT2D eigenvalue weighted by Gasteiger charge is 2.22. The van der Waals surface area contributed by atoms with Gasteiger partial charge in [-0.05, 0) is 32.1 Å². The van der Waals surface area contributed by atoms with Crippen molar-refractivity contribution in [3.8, 4) is 0 Å². The van der Waals surface area contributed by atoms with E-state index in [4.69, 9.17) is 19.3 Å². The van der Waals surface area contributed by atoms with Crippen LogP contribution in [0.25, 0.3) is 0 Å². The minimum absolute atomic E-state index is 0.186. The van der Waals surface area contributed by atoms with E-state index in [1.54, 1.807) is 0 Å². The first-order valence-electron chi connectivity index (χ1n) is 20.5. The minimum Gasteiger partial charge on any atom is -0.462 e. The zero-order valence-corrected chi connectivity index (χ0v) is 33.4. The van der Waals surface area contributed by atoms with E-state index < -0.39 is 32.5 Å². The van der Waals surface area contributed by atoms with Crippen molar-refractivity contribution in [2.24, 2.45) is 0 Å². The first-order chi connectivity index (χ1) is 24.8. The normalized spacial score (nSPS) is 12.9. The van der Waals surface area contributed by atoms with E-state index in [0.717, 1.165) is 57.8 Å². The maximum absolute atomic E-state index is 12.4. The van der Waals surface area contributed by atoms with Crippen LogP contribution >= 0.6 is 7.82 Å². The number of phosphoric ester groups is 1. The fourth-order valence-corrected chi connectivity index (χ4v) is 6.04. The average molecular weight is 739 g/mol. The van der Waals surface area contributed by atoms with Gasteiger partial charge in [-0.1, -0.05) is 191 Å². The zero-order valence-electron chi connectivity index (χ0n) is 32.5. The number of phosphoric acid groups is 1. The van der Waals surface area contributed by atoms with Crippen LogP contribution in [-0.2, 0) is 28.2 Å². The van der Waals surface area contributed by atoms with E-state index in [1.807, 2.05) is 30.4 Å². The molecule has 0 aromatic rings. The summed E-state index contributed by atoms with van der Waals surface area (Å²) >= 11 is 0. The van der Waals surface area contributed by atoms with Crippen molar-refractivity contribution in [3.05, 3.63) is 48.6 Å². The number of carbonyl (C=O) groups is 2. The molecule has 296 valence electrons. The average Bonchev–Trinajstić information content (AvgIpc) is 3.10. The van der Waals surface area contributed by atoms with E-state index in [-0.39, 0.29) is 19.4 Å². The highest BCUT2D eigenvalue weighted by molar-refractivity contribution is 7.46. The maximum Gasteiger partial charge on any atom is 0.469 e. The van der Waals surface area contributed by atoms with Gasteiger partial charge < -0.3 is 19.3 Å². The molecule has 0 aromatic heterocycles. The van der Waals surface area contributed by atoms with Crippen molar-refractivity contribution in [2.75, 3.05) is 13.2 Å². The molecule has 0 spiro atoms. The number of hydrogen-bond donors (Lipinski definition) is 2. The lowest BCUT2D eigenvalue weighted by molar-refractivity contribution is -0.161. The van der Waals surface area contributed by atoms with E-state index in [0.29, 0.717) is 6.42 Å². The molecule has 1 atom stereocenters. The highest BCUT2D eigenvalue weighted by atomic mass is 31.2. The van der Waals surface area contributed by atoms with Gasteiger partial charge in [0.05, 0.1) is 6.61 Å². The summed E-state index contributed by atoms with van der Waals surface area (Å²) in [5, 5.41) is 0. The van der Waals surface area contributed by atoms with Gasteiger partial charge in [-0.2, -0.15) is 0 Å². The van der Waals surface area contributed by atoms with E-state index in [9.17, 15) is 14.2 Å². The number of esters is 2. The zero-order chi connectivity index (χ0) is 37.5. The molecule has 9 heteroatoms. The molecule has 51 heavy (non-hydrogen) atoms. The van der Waals surface area contributed by atoms with Crippen molar-refractivity contribution in [1.29, 1.82) is 0 Å². The second kappa shape index (κ2) is 37.8. The molecular weight excluding hydrogens is 663 g/mol. The lowest BCUT2D eigenvalue weighted by Crippen LogP contribution is -2.29. The molecular formula is C42H75O8P. The number of allylic oxidation sites excluding steroid dienone is 8. The Hall–Kier alpha value is -1.99. The van der Waals surface area contributed by atoms with Gasteiger partial charge in [0.1, 0.15) is 6.61 Å². The molecule has 0 bridgehead atoms. The van der Waals surface area contributed by atoms with E-state index >= 15 is 0 Å². The van der Waals surface area contributed by atoms with Crippen molar-refractivity contribution < 1.29 is 37.9 Å². The molecule has 0 aliphatic heterocycles.